The molecular weight excluding hydrogens is 383 g/mol. The molecule has 1 aromatic heterocycles. The van der Waals surface area contributed by atoms with Crippen molar-refractivity contribution >= 4 is 17.8 Å². The average molecular weight is 410 g/mol. The number of hydrogen-bond donors (Lipinski definition) is 0. The van der Waals surface area contributed by atoms with Crippen LogP contribution in [0.15, 0.2) is 91.0 Å². The Balaban J connectivity index is 1.78. The van der Waals surface area contributed by atoms with Crippen molar-refractivity contribution in [3.05, 3.63) is 108 Å². The van der Waals surface area contributed by atoms with Crippen LogP contribution in [0.4, 0.5) is 10.1 Å². The minimum absolute atomic E-state index is 0.230. The van der Waals surface area contributed by atoms with Crippen LogP contribution in [0.1, 0.15) is 11.3 Å². The fourth-order valence-corrected chi connectivity index (χ4v) is 3.60. The molecule has 3 heteroatoms. The first-order valence-corrected chi connectivity index (χ1v) is 10.3. The Bertz CT molecular complexity index is 1190. The summed E-state index contributed by atoms with van der Waals surface area (Å²) in [5, 5.41) is 0. The molecule has 0 N–H and O–H groups in total. The van der Waals surface area contributed by atoms with E-state index in [9.17, 15) is 4.39 Å². The van der Waals surface area contributed by atoms with Crippen LogP contribution in [0.25, 0.3) is 34.5 Å². The maximum absolute atomic E-state index is 13.5. The van der Waals surface area contributed by atoms with Gasteiger partial charge in [0.1, 0.15) is 12.9 Å². The van der Waals surface area contributed by atoms with Crippen LogP contribution in [-0.2, 0) is 7.05 Å². The molecule has 0 saturated heterocycles. The molecule has 0 aliphatic carbocycles. The van der Waals surface area contributed by atoms with Gasteiger partial charge in [-0.1, -0.05) is 42.5 Å². The highest BCUT2D eigenvalue weighted by molar-refractivity contribution is 5.74. The van der Waals surface area contributed by atoms with Crippen molar-refractivity contribution in [1.29, 1.82) is 0 Å². The highest BCUT2D eigenvalue weighted by atomic mass is 19.1. The van der Waals surface area contributed by atoms with Gasteiger partial charge >= 0.3 is 0 Å². The van der Waals surface area contributed by atoms with E-state index in [1.165, 1.54) is 17.8 Å². The number of nitrogens with zero attached hydrogens (tertiary/aromatic N) is 2. The summed E-state index contributed by atoms with van der Waals surface area (Å²) in [5.74, 6) is -0.230. The van der Waals surface area contributed by atoms with Gasteiger partial charge in [-0.2, -0.15) is 4.57 Å². The molecule has 31 heavy (non-hydrogen) atoms. The standard InChI is InChI=1S/C28H26FN2/c1-30(2)26-16-9-21(10-17-26)11-18-27-19-24(22-7-5-4-6-8-22)20-28(31(27)3)23-12-14-25(29)15-13-23/h4-20H,1-3H3/q+1. The second kappa shape index (κ2) is 8.97. The Morgan fingerprint density at radius 3 is 2.03 bits per heavy atom. The van der Waals surface area contributed by atoms with Crippen molar-refractivity contribution in [2.45, 2.75) is 0 Å². The van der Waals surface area contributed by atoms with E-state index in [0.29, 0.717) is 0 Å². The Kier molecular flexibility index (Phi) is 5.94. The number of halogens is 1. The average Bonchev–Trinajstić information content (AvgIpc) is 2.80. The summed E-state index contributed by atoms with van der Waals surface area (Å²) in [6, 6.07) is 29.8. The topological polar surface area (TPSA) is 7.12 Å². The zero-order valence-electron chi connectivity index (χ0n) is 18.1. The third kappa shape index (κ3) is 4.72. The Morgan fingerprint density at radius 2 is 1.39 bits per heavy atom. The van der Waals surface area contributed by atoms with Gasteiger partial charge in [0.2, 0.25) is 11.4 Å². The maximum atomic E-state index is 13.5. The van der Waals surface area contributed by atoms with E-state index >= 15 is 0 Å². The lowest BCUT2D eigenvalue weighted by Crippen LogP contribution is -2.34. The summed E-state index contributed by atoms with van der Waals surface area (Å²) in [6.45, 7) is 0. The largest absolute Gasteiger partial charge is 0.378 e. The van der Waals surface area contributed by atoms with Crippen molar-refractivity contribution in [2.24, 2.45) is 7.05 Å². The van der Waals surface area contributed by atoms with Crippen LogP contribution >= 0.6 is 0 Å². The third-order valence-electron chi connectivity index (χ3n) is 5.45. The molecule has 4 rings (SSSR count). The van der Waals surface area contributed by atoms with E-state index < -0.39 is 0 Å². The van der Waals surface area contributed by atoms with Crippen molar-refractivity contribution < 1.29 is 8.96 Å². The fourth-order valence-electron chi connectivity index (χ4n) is 3.60. The first kappa shape index (κ1) is 20.5. The van der Waals surface area contributed by atoms with E-state index in [-0.39, 0.29) is 5.82 Å². The van der Waals surface area contributed by atoms with E-state index in [1.54, 1.807) is 0 Å². The Hall–Kier alpha value is -3.72. The van der Waals surface area contributed by atoms with Gasteiger partial charge in [-0.15, -0.1) is 0 Å². The smallest absolute Gasteiger partial charge is 0.213 e. The second-order valence-corrected chi connectivity index (χ2v) is 7.81. The second-order valence-electron chi connectivity index (χ2n) is 7.81. The molecule has 0 spiro atoms. The molecule has 0 amide bonds. The number of benzene rings is 3. The van der Waals surface area contributed by atoms with Crippen molar-refractivity contribution in [3.63, 3.8) is 0 Å². The van der Waals surface area contributed by atoms with Crippen molar-refractivity contribution in [1.82, 2.24) is 0 Å². The van der Waals surface area contributed by atoms with E-state index in [1.807, 2.05) is 51.5 Å². The van der Waals surface area contributed by atoms with Crippen molar-refractivity contribution in [3.8, 4) is 22.4 Å². The fraction of sp³-hybridized carbons (Fsp3) is 0.107. The quantitative estimate of drug-likeness (QED) is 0.355. The van der Waals surface area contributed by atoms with Crippen LogP contribution < -0.4 is 9.47 Å². The molecule has 0 aliphatic heterocycles. The van der Waals surface area contributed by atoms with Gasteiger partial charge in [-0.25, -0.2) is 4.39 Å². The minimum Gasteiger partial charge on any atom is -0.378 e. The molecule has 154 valence electrons. The van der Waals surface area contributed by atoms with E-state index in [4.69, 9.17) is 0 Å². The summed E-state index contributed by atoms with van der Waals surface area (Å²) in [7, 11) is 6.12. The molecule has 0 fully saturated rings. The third-order valence-corrected chi connectivity index (χ3v) is 5.45. The van der Waals surface area contributed by atoms with Gasteiger partial charge in [-0.3, -0.25) is 0 Å². The molecule has 3 aromatic carbocycles. The molecule has 2 nitrogen and oxygen atoms in total. The van der Waals surface area contributed by atoms with Crippen LogP contribution in [-0.4, -0.2) is 14.1 Å². The molecule has 0 aliphatic rings. The lowest BCUT2D eigenvalue weighted by molar-refractivity contribution is -0.662. The van der Waals surface area contributed by atoms with Crippen LogP contribution in [0.2, 0.25) is 0 Å². The van der Waals surface area contributed by atoms with Gasteiger partial charge in [0.25, 0.3) is 0 Å². The summed E-state index contributed by atoms with van der Waals surface area (Å²) in [6.07, 6.45) is 4.25. The number of pyridine rings is 1. The Labute approximate surface area is 183 Å². The molecular formula is C28H26FN2+. The highest BCUT2D eigenvalue weighted by Gasteiger charge is 2.16. The highest BCUT2D eigenvalue weighted by Crippen LogP contribution is 2.26. The predicted octanol–water partition coefficient (Wildman–Crippen LogP) is 6.22. The number of hydrogen-bond acceptors (Lipinski definition) is 1. The monoisotopic (exact) mass is 409 g/mol. The number of aromatic nitrogens is 1. The summed E-state index contributed by atoms with van der Waals surface area (Å²) >= 11 is 0. The Morgan fingerprint density at radius 1 is 0.710 bits per heavy atom. The zero-order chi connectivity index (χ0) is 21.8. The van der Waals surface area contributed by atoms with E-state index in [2.05, 4.69) is 70.1 Å². The molecule has 0 atom stereocenters. The van der Waals surface area contributed by atoms with E-state index in [0.717, 1.165) is 33.6 Å². The first-order chi connectivity index (χ1) is 15.0. The normalized spacial score (nSPS) is 11.1. The minimum atomic E-state index is -0.230. The lowest BCUT2D eigenvalue weighted by Gasteiger charge is -2.11. The van der Waals surface area contributed by atoms with Gasteiger partial charge < -0.3 is 4.90 Å². The lowest BCUT2D eigenvalue weighted by atomic mass is 10.0. The molecule has 0 radical (unpaired) electrons. The first-order valence-electron chi connectivity index (χ1n) is 10.3. The number of rotatable bonds is 5. The van der Waals surface area contributed by atoms with Crippen molar-refractivity contribution in [2.75, 3.05) is 19.0 Å². The molecule has 1 heterocycles. The van der Waals surface area contributed by atoms with Gasteiger partial charge in [0, 0.05) is 43.6 Å². The SMILES string of the molecule is CN(C)c1ccc(/C=C/c2cc(-c3ccccc3)cc(-c3ccc(F)cc3)[n+]2C)cc1. The summed E-state index contributed by atoms with van der Waals surface area (Å²) in [5.41, 5.74) is 7.66. The van der Waals surface area contributed by atoms with Gasteiger partial charge in [0.15, 0.2) is 0 Å². The molecule has 0 bridgehead atoms. The summed E-state index contributed by atoms with van der Waals surface area (Å²) < 4.78 is 15.6. The van der Waals surface area contributed by atoms with Crippen LogP contribution in [0.3, 0.4) is 0 Å². The summed E-state index contributed by atoms with van der Waals surface area (Å²) in [4.78, 5) is 2.09. The number of anilines is 1. The molecule has 4 aromatic rings. The maximum Gasteiger partial charge on any atom is 0.213 e. The zero-order valence-corrected chi connectivity index (χ0v) is 18.1. The van der Waals surface area contributed by atoms with Gasteiger partial charge in [0.05, 0.1) is 0 Å². The molecule has 0 saturated carbocycles. The van der Waals surface area contributed by atoms with Crippen LogP contribution in [0.5, 0.6) is 0 Å². The van der Waals surface area contributed by atoms with Crippen LogP contribution in [0, 0.1) is 5.82 Å². The van der Waals surface area contributed by atoms with Gasteiger partial charge in [-0.05, 0) is 59.2 Å². The predicted molar refractivity (Wildman–Crippen MR) is 128 cm³/mol. The molecule has 0 unspecified atom stereocenters.